The molecule has 0 aliphatic carbocycles. The van der Waals surface area contributed by atoms with Crippen LogP contribution in [0.4, 0.5) is 0 Å². The smallest absolute Gasteiger partial charge is 0.245 e. The van der Waals surface area contributed by atoms with Crippen LogP contribution >= 0.6 is 11.6 Å². The molecule has 1 unspecified atom stereocenters. The molecule has 158 valence electrons. The number of amides is 2. The third kappa shape index (κ3) is 4.67. The highest BCUT2D eigenvalue weighted by Crippen LogP contribution is 2.28. The van der Waals surface area contributed by atoms with E-state index in [1.807, 2.05) is 36.2 Å². The molecule has 2 aromatic rings. The van der Waals surface area contributed by atoms with Gasteiger partial charge in [0.1, 0.15) is 6.04 Å². The second kappa shape index (κ2) is 9.17. The molecule has 2 amide bonds. The van der Waals surface area contributed by atoms with E-state index in [1.54, 1.807) is 4.90 Å². The number of pyridine rings is 1. The number of piperidine rings is 1. The number of aromatic nitrogens is 1. The Bertz CT molecular complexity index is 907. The van der Waals surface area contributed by atoms with Crippen LogP contribution in [0, 0.1) is 0 Å². The average molecular weight is 426 g/mol. The largest absolute Gasteiger partial charge is 0.341 e. The first kappa shape index (κ1) is 20.9. The van der Waals surface area contributed by atoms with E-state index in [0.29, 0.717) is 18.9 Å². The number of carbonyl (C=O) groups is 2. The molecule has 2 aliphatic rings. The van der Waals surface area contributed by atoms with Crippen LogP contribution < -0.4 is 0 Å². The van der Waals surface area contributed by atoms with Gasteiger partial charge in [0.15, 0.2) is 0 Å². The fourth-order valence-electron chi connectivity index (χ4n) is 4.54. The number of hydrogen-bond acceptors (Lipinski definition) is 3. The normalized spacial score (nSPS) is 18.7. The topological polar surface area (TPSA) is 53.5 Å². The Labute approximate surface area is 183 Å². The summed E-state index contributed by atoms with van der Waals surface area (Å²) in [5, 5.41) is 0.752. The van der Waals surface area contributed by atoms with Crippen molar-refractivity contribution in [3.63, 3.8) is 0 Å². The molecule has 6 heteroatoms. The van der Waals surface area contributed by atoms with Crippen molar-refractivity contribution in [2.24, 2.45) is 0 Å². The fourth-order valence-corrected chi connectivity index (χ4v) is 4.75. The van der Waals surface area contributed by atoms with E-state index in [4.69, 9.17) is 16.6 Å². The lowest BCUT2D eigenvalue weighted by Gasteiger charge is -2.35. The van der Waals surface area contributed by atoms with Gasteiger partial charge in [-0.25, -0.2) is 0 Å². The zero-order valence-corrected chi connectivity index (χ0v) is 18.1. The third-order valence-corrected chi connectivity index (χ3v) is 6.54. The van der Waals surface area contributed by atoms with Crippen molar-refractivity contribution in [1.82, 2.24) is 14.8 Å². The number of nitrogens with zero attached hydrogens (tertiary/aromatic N) is 3. The van der Waals surface area contributed by atoms with Gasteiger partial charge in [-0.1, -0.05) is 29.8 Å². The molecule has 2 aliphatic heterocycles. The lowest BCUT2D eigenvalue weighted by atomic mass is 9.92. The van der Waals surface area contributed by atoms with E-state index in [0.717, 1.165) is 55.1 Å². The van der Waals surface area contributed by atoms with Gasteiger partial charge >= 0.3 is 0 Å². The van der Waals surface area contributed by atoms with E-state index in [-0.39, 0.29) is 17.9 Å². The summed E-state index contributed by atoms with van der Waals surface area (Å²) in [6, 6.07) is 11.8. The Balaban J connectivity index is 1.31. The highest BCUT2D eigenvalue weighted by atomic mass is 35.5. The monoisotopic (exact) mass is 425 g/mol. The summed E-state index contributed by atoms with van der Waals surface area (Å²) >= 11 is 6.07. The summed E-state index contributed by atoms with van der Waals surface area (Å²) in [7, 11) is 0. The number of halogens is 1. The maximum Gasteiger partial charge on any atom is 0.245 e. The molecule has 2 saturated heterocycles. The summed E-state index contributed by atoms with van der Waals surface area (Å²) in [4.78, 5) is 33.1. The lowest BCUT2D eigenvalue weighted by Crippen LogP contribution is -2.49. The number of rotatable bonds is 5. The summed E-state index contributed by atoms with van der Waals surface area (Å²) in [6.45, 7) is 4.01. The van der Waals surface area contributed by atoms with E-state index in [9.17, 15) is 9.59 Å². The molecule has 2 fully saturated rings. The van der Waals surface area contributed by atoms with Crippen molar-refractivity contribution in [1.29, 1.82) is 0 Å². The van der Waals surface area contributed by atoms with Gasteiger partial charge in [-0.15, -0.1) is 0 Å². The molecule has 5 nitrogen and oxygen atoms in total. The number of carbonyl (C=O) groups excluding carboxylic acids is 2. The van der Waals surface area contributed by atoms with E-state index in [2.05, 4.69) is 18.2 Å². The summed E-state index contributed by atoms with van der Waals surface area (Å²) in [5.41, 5.74) is 3.44. The number of benzene rings is 1. The van der Waals surface area contributed by atoms with Crippen molar-refractivity contribution in [3.05, 3.63) is 64.4 Å². The Kier molecular flexibility index (Phi) is 6.38. The number of likely N-dealkylation sites (tertiary alicyclic amines) is 2. The second-order valence-corrected chi connectivity index (χ2v) is 8.80. The molecule has 0 radical (unpaired) electrons. The summed E-state index contributed by atoms with van der Waals surface area (Å²) < 4.78 is 0. The van der Waals surface area contributed by atoms with Gasteiger partial charge in [-0.2, -0.15) is 0 Å². The van der Waals surface area contributed by atoms with Crippen molar-refractivity contribution in [3.8, 4) is 0 Å². The zero-order chi connectivity index (χ0) is 21.1. The average Bonchev–Trinajstić information content (AvgIpc) is 3.19. The summed E-state index contributed by atoms with van der Waals surface area (Å²) in [5.74, 6) is 0.555. The Morgan fingerprint density at radius 1 is 1.17 bits per heavy atom. The van der Waals surface area contributed by atoms with Crippen LogP contribution in [0.2, 0.25) is 5.02 Å². The van der Waals surface area contributed by atoms with E-state index < -0.39 is 0 Å². The molecule has 0 N–H and O–H groups in total. The molecule has 0 bridgehead atoms. The molecule has 1 aromatic carbocycles. The Morgan fingerprint density at radius 2 is 1.97 bits per heavy atom. The van der Waals surface area contributed by atoms with Crippen molar-refractivity contribution in [2.45, 2.75) is 51.0 Å². The van der Waals surface area contributed by atoms with Crippen molar-refractivity contribution >= 4 is 23.4 Å². The molecule has 30 heavy (non-hydrogen) atoms. The minimum absolute atomic E-state index is 0.0773. The van der Waals surface area contributed by atoms with Crippen LogP contribution in [-0.4, -0.2) is 52.3 Å². The van der Waals surface area contributed by atoms with Crippen LogP contribution in [0.25, 0.3) is 0 Å². The highest BCUT2D eigenvalue weighted by Gasteiger charge is 2.33. The molecular weight excluding hydrogens is 398 g/mol. The first-order valence-electron chi connectivity index (χ1n) is 10.8. The number of hydrogen-bond donors (Lipinski definition) is 0. The van der Waals surface area contributed by atoms with E-state index >= 15 is 0 Å². The molecule has 0 spiro atoms. The van der Waals surface area contributed by atoms with E-state index in [1.165, 1.54) is 5.56 Å². The summed E-state index contributed by atoms with van der Waals surface area (Å²) in [6.07, 6.45) is 6.01. The fraction of sp³-hybridized carbons (Fsp3) is 0.458. The van der Waals surface area contributed by atoms with Gasteiger partial charge in [0.25, 0.3) is 0 Å². The lowest BCUT2D eigenvalue weighted by molar-refractivity contribution is -0.143. The SMILES string of the molecule is CC(C(=O)N1CCC(c2ccc(Cc3cccc(Cl)c3)cn2)CC1)N1CCCC1=O. The standard InChI is InChI=1S/C24H28ClN3O2/c1-17(28-11-3-6-23(28)29)24(30)27-12-9-20(10-13-27)22-8-7-19(16-26-22)14-18-4-2-5-21(25)15-18/h2,4-5,7-8,15-17,20H,3,6,9-14H2,1H3. The molecule has 0 saturated carbocycles. The first-order valence-corrected chi connectivity index (χ1v) is 11.2. The maximum absolute atomic E-state index is 12.8. The molecule has 1 aromatic heterocycles. The third-order valence-electron chi connectivity index (χ3n) is 6.30. The zero-order valence-electron chi connectivity index (χ0n) is 17.4. The van der Waals surface area contributed by atoms with Crippen LogP contribution in [0.1, 0.15) is 55.3 Å². The van der Waals surface area contributed by atoms with Gasteiger partial charge in [0, 0.05) is 48.9 Å². The maximum atomic E-state index is 12.8. The Morgan fingerprint density at radius 3 is 2.60 bits per heavy atom. The minimum Gasteiger partial charge on any atom is -0.341 e. The van der Waals surface area contributed by atoms with Crippen LogP contribution in [0.15, 0.2) is 42.6 Å². The van der Waals surface area contributed by atoms with Gasteiger partial charge in [0.2, 0.25) is 11.8 Å². The molecular formula is C24H28ClN3O2. The van der Waals surface area contributed by atoms with Crippen molar-refractivity contribution < 1.29 is 9.59 Å². The minimum atomic E-state index is -0.347. The van der Waals surface area contributed by atoms with Gasteiger partial charge in [-0.3, -0.25) is 14.6 Å². The van der Waals surface area contributed by atoms with Gasteiger partial charge in [-0.05, 0) is 61.9 Å². The van der Waals surface area contributed by atoms with Gasteiger partial charge in [0.05, 0.1) is 0 Å². The second-order valence-electron chi connectivity index (χ2n) is 8.36. The molecule has 3 heterocycles. The molecule has 1 atom stereocenters. The first-order chi connectivity index (χ1) is 14.5. The quantitative estimate of drug-likeness (QED) is 0.726. The van der Waals surface area contributed by atoms with Gasteiger partial charge < -0.3 is 9.80 Å². The van der Waals surface area contributed by atoms with Crippen LogP contribution in [0.5, 0.6) is 0 Å². The predicted octanol–water partition coefficient (Wildman–Crippen LogP) is 4.04. The predicted molar refractivity (Wildman–Crippen MR) is 117 cm³/mol. The highest BCUT2D eigenvalue weighted by molar-refractivity contribution is 6.30. The van der Waals surface area contributed by atoms with Crippen LogP contribution in [0.3, 0.4) is 0 Å². The van der Waals surface area contributed by atoms with Crippen LogP contribution in [-0.2, 0) is 16.0 Å². The molecule has 4 rings (SSSR count). The Hall–Kier alpha value is -2.40. The van der Waals surface area contributed by atoms with Crippen molar-refractivity contribution in [2.75, 3.05) is 19.6 Å².